The molecule has 1 aromatic heterocycles. The molecule has 0 fully saturated rings. The lowest BCUT2D eigenvalue weighted by Crippen LogP contribution is -2.37. The van der Waals surface area contributed by atoms with Crippen LogP contribution in [-0.2, 0) is 7.05 Å². The number of amides is 2. The lowest BCUT2D eigenvalue weighted by atomic mass is 10.1. The Morgan fingerprint density at radius 3 is 2.82 bits per heavy atom. The number of hydrogen-bond acceptors (Lipinski definition) is 2. The van der Waals surface area contributed by atoms with Gasteiger partial charge in [0.05, 0.1) is 11.7 Å². The molecule has 0 aliphatic heterocycles. The maximum Gasteiger partial charge on any atom is 0.315 e. The van der Waals surface area contributed by atoms with Gasteiger partial charge in [-0.15, -0.1) is 0 Å². The minimum Gasteiger partial charge on any atom is -0.338 e. The smallest absolute Gasteiger partial charge is 0.315 e. The third-order valence-corrected chi connectivity index (χ3v) is 2.68. The molecule has 0 radical (unpaired) electrons. The van der Waals surface area contributed by atoms with Gasteiger partial charge in [-0.3, -0.25) is 4.68 Å². The van der Waals surface area contributed by atoms with Crippen molar-refractivity contribution < 1.29 is 4.79 Å². The van der Waals surface area contributed by atoms with Crippen molar-refractivity contribution >= 4 is 6.03 Å². The van der Waals surface area contributed by atoms with Gasteiger partial charge in [-0.05, 0) is 20.3 Å². The number of nitrogens with zero attached hydrogens (tertiary/aromatic N) is 2. The van der Waals surface area contributed by atoms with Crippen LogP contribution in [0.5, 0.6) is 0 Å². The average Bonchev–Trinajstić information content (AvgIpc) is 2.58. The van der Waals surface area contributed by atoms with E-state index in [1.54, 1.807) is 4.68 Å². The summed E-state index contributed by atoms with van der Waals surface area (Å²) in [5.41, 5.74) is 2.01. The molecule has 1 heterocycles. The zero-order valence-corrected chi connectivity index (χ0v) is 11.1. The summed E-state index contributed by atoms with van der Waals surface area (Å²) >= 11 is 0. The number of carbonyl (C=O) groups excluding carboxylic acids is 1. The van der Waals surface area contributed by atoms with Crippen molar-refractivity contribution in [2.24, 2.45) is 7.05 Å². The second-order valence-corrected chi connectivity index (χ2v) is 4.32. The third-order valence-electron chi connectivity index (χ3n) is 2.68. The van der Waals surface area contributed by atoms with Crippen LogP contribution < -0.4 is 10.6 Å². The minimum atomic E-state index is -0.116. The predicted molar refractivity (Wildman–Crippen MR) is 67.8 cm³/mol. The van der Waals surface area contributed by atoms with E-state index in [0.29, 0.717) is 0 Å². The molecule has 0 aliphatic carbocycles. The van der Waals surface area contributed by atoms with Crippen LogP contribution in [0.1, 0.15) is 44.0 Å². The standard InChI is InChI=1S/C12H22N4O/c1-5-6-7-13-12(17)14-9(2)11-8-16(4)15-10(11)3/h8-9H,5-7H2,1-4H3,(H2,13,14,17). The van der Waals surface area contributed by atoms with Crippen LogP contribution >= 0.6 is 0 Å². The topological polar surface area (TPSA) is 59.0 Å². The van der Waals surface area contributed by atoms with E-state index >= 15 is 0 Å². The summed E-state index contributed by atoms with van der Waals surface area (Å²) in [7, 11) is 1.88. The van der Waals surface area contributed by atoms with Gasteiger partial charge in [-0.1, -0.05) is 13.3 Å². The number of nitrogens with one attached hydrogen (secondary N) is 2. The van der Waals surface area contributed by atoms with E-state index in [1.807, 2.05) is 27.1 Å². The fraction of sp³-hybridized carbons (Fsp3) is 0.667. The second kappa shape index (κ2) is 6.27. The number of hydrogen-bond donors (Lipinski definition) is 2. The van der Waals surface area contributed by atoms with E-state index in [2.05, 4.69) is 22.7 Å². The lowest BCUT2D eigenvalue weighted by molar-refractivity contribution is 0.237. The Morgan fingerprint density at radius 1 is 1.59 bits per heavy atom. The Balaban J connectivity index is 2.46. The third kappa shape index (κ3) is 4.09. The number of carbonyl (C=O) groups is 1. The summed E-state index contributed by atoms with van der Waals surface area (Å²) in [4.78, 5) is 11.6. The molecular weight excluding hydrogens is 216 g/mol. The zero-order chi connectivity index (χ0) is 12.8. The molecule has 5 nitrogen and oxygen atoms in total. The van der Waals surface area contributed by atoms with Gasteiger partial charge in [0, 0.05) is 25.4 Å². The van der Waals surface area contributed by atoms with Crippen LogP contribution in [-0.4, -0.2) is 22.4 Å². The Morgan fingerprint density at radius 2 is 2.29 bits per heavy atom. The van der Waals surface area contributed by atoms with Crippen molar-refractivity contribution in [3.05, 3.63) is 17.5 Å². The number of rotatable bonds is 5. The first-order chi connectivity index (χ1) is 8.04. The molecule has 2 amide bonds. The molecular formula is C12H22N4O. The Labute approximate surface area is 103 Å². The molecule has 1 rings (SSSR count). The molecule has 5 heteroatoms. The number of aromatic nitrogens is 2. The molecule has 1 aromatic rings. The van der Waals surface area contributed by atoms with Crippen LogP contribution in [0, 0.1) is 6.92 Å². The van der Waals surface area contributed by atoms with Gasteiger partial charge in [0.25, 0.3) is 0 Å². The molecule has 0 spiro atoms. The summed E-state index contributed by atoms with van der Waals surface area (Å²) in [6.07, 6.45) is 4.03. The van der Waals surface area contributed by atoms with Gasteiger partial charge in [0.1, 0.15) is 0 Å². The van der Waals surface area contributed by atoms with Gasteiger partial charge < -0.3 is 10.6 Å². The van der Waals surface area contributed by atoms with Gasteiger partial charge in [-0.25, -0.2) is 4.79 Å². The van der Waals surface area contributed by atoms with Gasteiger partial charge >= 0.3 is 6.03 Å². The first-order valence-corrected chi connectivity index (χ1v) is 6.09. The molecule has 1 unspecified atom stereocenters. The van der Waals surface area contributed by atoms with Gasteiger partial charge in [0.15, 0.2) is 0 Å². The highest BCUT2D eigenvalue weighted by molar-refractivity contribution is 5.74. The Bertz CT molecular complexity index is 373. The fourth-order valence-electron chi connectivity index (χ4n) is 1.75. The number of urea groups is 1. The van der Waals surface area contributed by atoms with Crippen LogP contribution in [0.2, 0.25) is 0 Å². The van der Waals surface area contributed by atoms with Gasteiger partial charge in [-0.2, -0.15) is 5.10 Å². The quantitative estimate of drug-likeness (QED) is 0.770. The Hall–Kier alpha value is -1.52. The van der Waals surface area contributed by atoms with E-state index < -0.39 is 0 Å². The molecule has 17 heavy (non-hydrogen) atoms. The van der Waals surface area contributed by atoms with Crippen LogP contribution in [0.4, 0.5) is 4.79 Å². The lowest BCUT2D eigenvalue weighted by Gasteiger charge is -2.13. The average molecular weight is 238 g/mol. The van der Waals surface area contributed by atoms with Crippen molar-refractivity contribution in [1.29, 1.82) is 0 Å². The monoisotopic (exact) mass is 238 g/mol. The maximum atomic E-state index is 11.6. The highest BCUT2D eigenvalue weighted by Gasteiger charge is 2.13. The predicted octanol–water partition coefficient (Wildman–Crippen LogP) is 1.89. The Kier molecular flexibility index (Phi) is 5.00. The largest absolute Gasteiger partial charge is 0.338 e. The maximum absolute atomic E-state index is 11.6. The van der Waals surface area contributed by atoms with Crippen LogP contribution in [0.25, 0.3) is 0 Å². The molecule has 0 saturated heterocycles. The van der Waals surface area contributed by atoms with Gasteiger partial charge in [0.2, 0.25) is 0 Å². The molecule has 0 bridgehead atoms. The molecule has 0 aliphatic rings. The van der Waals surface area contributed by atoms with E-state index in [9.17, 15) is 4.79 Å². The minimum absolute atomic E-state index is 0.0228. The SMILES string of the molecule is CCCCNC(=O)NC(C)c1cn(C)nc1C. The summed E-state index contributed by atoms with van der Waals surface area (Å²) < 4.78 is 1.76. The molecule has 2 N–H and O–H groups in total. The van der Waals surface area contributed by atoms with Crippen molar-refractivity contribution in [1.82, 2.24) is 20.4 Å². The van der Waals surface area contributed by atoms with Crippen molar-refractivity contribution in [3.63, 3.8) is 0 Å². The van der Waals surface area contributed by atoms with E-state index in [-0.39, 0.29) is 12.1 Å². The van der Waals surface area contributed by atoms with Crippen LogP contribution in [0.3, 0.4) is 0 Å². The second-order valence-electron chi connectivity index (χ2n) is 4.32. The zero-order valence-electron chi connectivity index (χ0n) is 11.1. The molecule has 0 aromatic carbocycles. The summed E-state index contributed by atoms with van der Waals surface area (Å²) in [5, 5.41) is 10.00. The normalized spacial score (nSPS) is 12.2. The molecule has 96 valence electrons. The summed E-state index contributed by atoms with van der Waals surface area (Å²) in [5.74, 6) is 0. The summed E-state index contributed by atoms with van der Waals surface area (Å²) in [6.45, 7) is 6.73. The summed E-state index contributed by atoms with van der Waals surface area (Å²) in [6, 6.07) is -0.139. The molecule has 1 atom stereocenters. The van der Waals surface area contributed by atoms with Crippen LogP contribution in [0.15, 0.2) is 6.20 Å². The van der Waals surface area contributed by atoms with E-state index in [4.69, 9.17) is 0 Å². The molecule has 0 saturated carbocycles. The van der Waals surface area contributed by atoms with Crippen molar-refractivity contribution in [3.8, 4) is 0 Å². The first-order valence-electron chi connectivity index (χ1n) is 6.09. The highest BCUT2D eigenvalue weighted by atomic mass is 16.2. The number of aryl methyl sites for hydroxylation is 2. The van der Waals surface area contributed by atoms with Crippen molar-refractivity contribution in [2.45, 2.75) is 39.7 Å². The first kappa shape index (κ1) is 13.5. The van der Waals surface area contributed by atoms with E-state index in [0.717, 1.165) is 30.6 Å². The van der Waals surface area contributed by atoms with Crippen molar-refractivity contribution in [2.75, 3.05) is 6.54 Å². The number of unbranched alkanes of at least 4 members (excludes halogenated alkanes) is 1. The van der Waals surface area contributed by atoms with E-state index in [1.165, 1.54) is 0 Å². The fourth-order valence-corrected chi connectivity index (χ4v) is 1.75. The highest BCUT2D eigenvalue weighted by Crippen LogP contribution is 2.14.